The van der Waals surface area contributed by atoms with Gasteiger partial charge in [0.05, 0.1) is 38.3 Å². The van der Waals surface area contributed by atoms with Crippen molar-refractivity contribution in [2.75, 3.05) is 34.5 Å². The number of nitrogens with zero attached hydrogens (tertiary/aromatic N) is 1. The van der Waals surface area contributed by atoms with E-state index in [0.29, 0.717) is 34.1 Å². The lowest BCUT2D eigenvalue weighted by molar-refractivity contribution is -0.123. The van der Waals surface area contributed by atoms with Crippen LogP contribution in [-0.4, -0.2) is 56.5 Å². The summed E-state index contributed by atoms with van der Waals surface area (Å²) in [7, 11) is 4.53. The Morgan fingerprint density at radius 2 is 1.53 bits per heavy atom. The van der Waals surface area contributed by atoms with Crippen molar-refractivity contribution in [2.24, 2.45) is 0 Å². The highest BCUT2D eigenvalue weighted by Crippen LogP contribution is 2.35. The van der Waals surface area contributed by atoms with Gasteiger partial charge < -0.3 is 23.7 Å². The molecule has 0 aliphatic carbocycles. The van der Waals surface area contributed by atoms with Crippen molar-refractivity contribution in [3.8, 4) is 28.7 Å². The highest BCUT2D eigenvalue weighted by atomic mass is 32.2. The van der Waals surface area contributed by atoms with Gasteiger partial charge in [0, 0.05) is 0 Å². The normalized spacial score (nSPS) is 14.0. The topological polar surface area (TPSA) is 101 Å². The van der Waals surface area contributed by atoms with E-state index in [1.807, 2.05) is 6.07 Å². The third-order valence-corrected chi connectivity index (χ3v) is 6.44. The maximum absolute atomic E-state index is 12.9. The fourth-order valence-electron chi connectivity index (χ4n) is 3.58. The monoisotopic (exact) mass is 535 g/mol. The van der Waals surface area contributed by atoms with E-state index < -0.39 is 17.1 Å². The van der Waals surface area contributed by atoms with E-state index in [0.717, 1.165) is 16.7 Å². The van der Waals surface area contributed by atoms with Crippen molar-refractivity contribution >= 4 is 35.0 Å². The van der Waals surface area contributed by atoms with Crippen molar-refractivity contribution in [1.29, 1.82) is 0 Å². The molecule has 0 saturated carbocycles. The van der Waals surface area contributed by atoms with Crippen molar-refractivity contribution in [3.63, 3.8) is 0 Å². The average Bonchev–Trinajstić information content (AvgIpc) is 3.20. The van der Waals surface area contributed by atoms with Crippen LogP contribution in [0.1, 0.15) is 15.9 Å². The van der Waals surface area contributed by atoms with Crippen LogP contribution in [-0.2, 0) is 4.79 Å². The predicted molar refractivity (Wildman–Crippen MR) is 142 cm³/mol. The second kappa shape index (κ2) is 12.2. The molecule has 1 saturated heterocycles. The van der Waals surface area contributed by atoms with Crippen LogP contribution in [0.5, 0.6) is 28.7 Å². The zero-order chi connectivity index (χ0) is 27.1. The maximum atomic E-state index is 12.9. The summed E-state index contributed by atoms with van der Waals surface area (Å²) in [6, 6.07) is 18.5. The number of thioether (sulfide) groups is 1. The molecule has 0 unspecified atom stereocenters. The lowest BCUT2D eigenvalue weighted by Gasteiger charge is -2.14. The van der Waals surface area contributed by atoms with Crippen LogP contribution < -0.4 is 23.7 Å². The number of ether oxygens (including phenoxy) is 5. The Hall–Kier alpha value is -4.44. The molecule has 0 atom stereocenters. The van der Waals surface area contributed by atoms with Crippen LogP contribution in [0.25, 0.3) is 6.08 Å². The largest absolute Gasteiger partial charge is 0.497 e. The molecule has 9 nitrogen and oxygen atoms in total. The first-order valence-electron chi connectivity index (χ1n) is 11.5. The fraction of sp³-hybridized carbons (Fsp3) is 0.179. The quantitative estimate of drug-likeness (QED) is 0.201. The molecule has 0 spiro atoms. The number of carbonyl (C=O) groups is 3. The number of para-hydroxylation sites is 2. The van der Waals surface area contributed by atoms with E-state index >= 15 is 0 Å². The first kappa shape index (κ1) is 26.6. The van der Waals surface area contributed by atoms with E-state index in [4.69, 9.17) is 23.7 Å². The molecule has 0 aromatic heterocycles. The number of carbonyl (C=O) groups excluding carboxylic acids is 3. The Balaban J connectivity index is 1.45. The minimum absolute atomic E-state index is 0.0768. The Labute approximate surface area is 223 Å². The number of esters is 1. The predicted octanol–water partition coefficient (Wildman–Crippen LogP) is 5.05. The van der Waals surface area contributed by atoms with Gasteiger partial charge in [0.1, 0.15) is 12.4 Å². The second-order valence-electron chi connectivity index (χ2n) is 7.86. The van der Waals surface area contributed by atoms with Crippen molar-refractivity contribution < 1.29 is 38.1 Å². The Bertz CT molecular complexity index is 1370. The smallest absolute Gasteiger partial charge is 0.343 e. The third-order valence-electron chi connectivity index (χ3n) is 5.53. The lowest BCUT2D eigenvalue weighted by atomic mass is 10.1. The lowest BCUT2D eigenvalue weighted by Crippen LogP contribution is -2.32. The number of amides is 2. The van der Waals surface area contributed by atoms with Gasteiger partial charge in [-0.3, -0.25) is 14.5 Å². The van der Waals surface area contributed by atoms with Gasteiger partial charge in [-0.2, -0.15) is 0 Å². The first-order chi connectivity index (χ1) is 18.4. The van der Waals surface area contributed by atoms with Crippen LogP contribution in [0.4, 0.5) is 4.79 Å². The van der Waals surface area contributed by atoms with Crippen LogP contribution >= 0.6 is 11.8 Å². The Morgan fingerprint density at radius 1 is 0.842 bits per heavy atom. The van der Waals surface area contributed by atoms with Crippen LogP contribution in [0.2, 0.25) is 0 Å². The summed E-state index contributed by atoms with van der Waals surface area (Å²) in [5, 5.41) is -0.399. The molecule has 0 radical (unpaired) electrons. The van der Waals surface area contributed by atoms with Gasteiger partial charge in [-0.15, -0.1) is 0 Å². The van der Waals surface area contributed by atoms with E-state index in [2.05, 4.69) is 0 Å². The fourth-order valence-corrected chi connectivity index (χ4v) is 4.44. The summed E-state index contributed by atoms with van der Waals surface area (Å²) in [6.07, 6.45) is 1.57. The molecule has 1 fully saturated rings. The molecule has 1 heterocycles. The molecular formula is C28H25NO8S. The van der Waals surface area contributed by atoms with Gasteiger partial charge in [0.15, 0.2) is 23.0 Å². The number of imide groups is 1. The maximum Gasteiger partial charge on any atom is 0.343 e. The number of benzene rings is 3. The summed E-state index contributed by atoms with van der Waals surface area (Å²) in [5.41, 5.74) is 0.883. The molecule has 0 bridgehead atoms. The molecule has 10 heteroatoms. The molecule has 0 N–H and O–H groups in total. The van der Waals surface area contributed by atoms with E-state index in [-0.39, 0.29) is 23.8 Å². The molecule has 38 heavy (non-hydrogen) atoms. The minimum atomic E-state index is -0.585. The van der Waals surface area contributed by atoms with Crippen LogP contribution in [0.15, 0.2) is 71.6 Å². The van der Waals surface area contributed by atoms with Crippen LogP contribution in [0.3, 0.4) is 0 Å². The molecule has 3 aromatic carbocycles. The molecule has 4 rings (SSSR count). The summed E-state index contributed by atoms with van der Waals surface area (Å²) in [6.45, 7) is 0.188. The average molecular weight is 536 g/mol. The van der Waals surface area contributed by atoms with Crippen molar-refractivity contribution in [2.45, 2.75) is 0 Å². The molecule has 3 aromatic rings. The van der Waals surface area contributed by atoms with E-state index in [9.17, 15) is 14.4 Å². The number of hydrogen-bond acceptors (Lipinski definition) is 9. The number of hydrogen-bond donors (Lipinski definition) is 0. The highest BCUT2D eigenvalue weighted by Gasteiger charge is 2.35. The molecule has 2 amide bonds. The molecular weight excluding hydrogens is 510 g/mol. The Kier molecular flexibility index (Phi) is 8.55. The molecule has 1 aliphatic rings. The van der Waals surface area contributed by atoms with Gasteiger partial charge in [0.25, 0.3) is 11.1 Å². The van der Waals surface area contributed by atoms with Crippen molar-refractivity contribution in [1.82, 2.24) is 4.90 Å². The summed E-state index contributed by atoms with van der Waals surface area (Å²) < 4.78 is 26.9. The molecule has 196 valence electrons. The number of methoxy groups -OCH3 is 3. The zero-order valence-electron chi connectivity index (χ0n) is 21.0. The number of rotatable bonds is 10. The van der Waals surface area contributed by atoms with Crippen LogP contribution in [0, 0.1) is 0 Å². The van der Waals surface area contributed by atoms with E-state index in [1.165, 1.54) is 21.3 Å². The second-order valence-corrected chi connectivity index (χ2v) is 8.85. The van der Waals surface area contributed by atoms with Crippen molar-refractivity contribution in [3.05, 3.63) is 82.8 Å². The summed E-state index contributed by atoms with van der Waals surface area (Å²) in [4.78, 5) is 39.5. The Morgan fingerprint density at radius 3 is 2.21 bits per heavy atom. The first-order valence-corrected chi connectivity index (χ1v) is 12.3. The highest BCUT2D eigenvalue weighted by molar-refractivity contribution is 8.18. The standard InChI is InChI=1S/C28H25NO8S/c1-33-20-11-9-19(10-12-20)27(31)37-24-16-18(8-13-22(24)35-3)17-25-26(30)29(28(32)38-25)14-15-36-23-7-5-4-6-21(23)34-2/h4-13,16-17H,14-15H2,1-3H3/b25-17-. The van der Waals surface area contributed by atoms with Gasteiger partial charge >= 0.3 is 5.97 Å². The SMILES string of the molecule is COc1ccc(C(=O)Oc2cc(/C=C3\SC(=O)N(CCOc4ccccc4OC)C3=O)ccc2OC)cc1. The minimum Gasteiger partial charge on any atom is -0.497 e. The summed E-state index contributed by atoms with van der Waals surface area (Å²) in [5.74, 6) is 1.19. The van der Waals surface area contributed by atoms with Gasteiger partial charge in [-0.1, -0.05) is 18.2 Å². The van der Waals surface area contributed by atoms with Gasteiger partial charge in [-0.05, 0) is 71.9 Å². The van der Waals surface area contributed by atoms with E-state index in [1.54, 1.807) is 66.7 Å². The molecule has 1 aliphatic heterocycles. The van der Waals surface area contributed by atoms with Gasteiger partial charge in [0.2, 0.25) is 0 Å². The third kappa shape index (κ3) is 6.09. The zero-order valence-corrected chi connectivity index (χ0v) is 21.8. The van der Waals surface area contributed by atoms with Gasteiger partial charge in [-0.25, -0.2) is 4.79 Å². The summed E-state index contributed by atoms with van der Waals surface area (Å²) >= 11 is 0.828.